The predicted octanol–water partition coefficient (Wildman–Crippen LogP) is 2.43. The number of ketones is 1. The van der Waals surface area contributed by atoms with Gasteiger partial charge in [0.05, 0.1) is 13.2 Å². The van der Waals surface area contributed by atoms with Gasteiger partial charge in [-0.2, -0.15) is 0 Å². The minimum atomic E-state index is -0.452. The number of hydrogen-bond donors (Lipinski definition) is 0. The second-order valence-corrected chi connectivity index (χ2v) is 5.55. The maximum absolute atomic E-state index is 12.7. The van der Waals surface area contributed by atoms with Crippen molar-refractivity contribution >= 4 is 17.7 Å². The molecule has 0 aliphatic heterocycles. The molecule has 6 nitrogen and oxygen atoms in total. The molecule has 1 amide bonds. The highest BCUT2D eigenvalue weighted by molar-refractivity contribution is 6.04. The fraction of sp³-hybridized carbons (Fsp3) is 0.500. The Hall–Kier alpha value is -2.37. The van der Waals surface area contributed by atoms with E-state index in [1.807, 2.05) is 0 Å². The van der Waals surface area contributed by atoms with Crippen LogP contribution in [0.15, 0.2) is 12.7 Å². The highest BCUT2D eigenvalue weighted by Gasteiger charge is 2.27. The van der Waals surface area contributed by atoms with E-state index in [1.54, 1.807) is 45.4 Å². The van der Waals surface area contributed by atoms with Gasteiger partial charge in [-0.15, -0.1) is 6.58 Å². The van der Waals surface area contributed by atoms with Crippen molar-refractivity contribution in [3.8, 4) is 0 Å². The molecule has 0 saturated carbocycles. The Morgan fingerprint density at radius 3 is 2.38 bits per heavy atom. The van der Waals surface area contributed by atoms with Crippen molar-refractivity contribution in [3.05, 3.63) is 35.2 Å². The zero-order valence-corrected chi connectivity index (χ0v) is 15.1. The lowest BCUT2D eigenvalue weighted by Crippen LogP contribution is -2.35. The predicted molar refractivity (Wildman–Crippen MR) is 92.2 cm³/mol. The summed E-state index contributed by atoms with van der Waals surface area (Å²) >= 11 is 0. The first kappa shape index (κ1) is 19.7. The number of rotatable bonds is 8. The maximum Gasteiger partial charge on any atom is 0.355 e. The molecule has 0 spiro atoms. The molecule has 24 heavy (non-hydrogen) atoms. The Bertz CT molecular complexity index is 658. The monoisotopic (exact) mass is 334 g/mol. The topological polar surface area (TPSA) is 68.6 Å². The second-order valence-electron chi connectivity index (χ2n) is 5.55. The quantitative estimate of drug-likeness (QED) is 0.416. The van der Waals surface area contributed by atoms with Crippen molar-refractivity contribution in [1.29, 1.82) is 0 Å². The molecule has 0 aromatic carbocycles. The lowest BCUT2D eigenvalue weighted by molar-refractivity contribution is -0.129. The summed E-state index contributed by atoms with van der Waals surface area (Å²) in [5, 5.41) is 0. The second kappa shape index (κ2) is 8.47. The molecule has 0 radical (unpaired) electrons. The van der Waals surface area contributed by atoms with Crippen LogP contribution in [-0.4, -0.2) is 46.8 Å². The van der Waals surface area contributed by atoms with Gasteiger partial charge in [-0.3, -0.25) is 9.59 Å². The van der Waals surface area contributed by atoms with Gasteiger partial charge in [0.2, 0.25) is 5.91 Å². The molecule has 0 fully saturated rings. The van der Waals surface area contributed by atoms with Gasteiger partial charge in [0.1, 0.15) is 5.69 Å². The third-order valence-corrected chi connectivity index (χ3v) is 4.02. The molecule has 0 aliphatic rings. The van der Waals surface area contributed by atoms with E-state index in [0.29, 0.717) is 35.5 Å². The molecule has 1 aromatic heterocycles. The van der Waals surface area contributed by atoms with Crippen LogP contribution < -0.4 is 0 Å². The van der Waals surface area contributed by atoms with Crippen molar-refractivity contribution in [2.75, 3.05) is 19.7 Å². The summed E-state index contributed by atoms with van der Waals surface area (Å²) < 4.78 is 6.73. The maximum atomic E-state index is 12.7. The van der Waals surface area contributed by atoms with E-state index in [9.17, 15) is 14.4 Å². The first-order valence-electron chi connectivity index (χ1n) is 8.04. The Kier molecular flexibility index (Phi) is 6.95. The lowest BCUT2D eigenvalue weighted by atomic mass is 10.0. The highest BCUT2D eigenvalue weighted by Crippen LogP contribution is 2.23. The summed E-state index contributed by atoms with van der Waals surface area (Å²) in [6.07, 6.45) is 1.91. The van der Waals surface area contributed by atoms with Crippen molar-refractivity contribution < 1.29 is 19.1 Å². The molecule has 6 heteroatoms. The highest BCUT2D eigenvalue weighted by atomic mass is 16.5. The zero-order valence-electron chi connectivity index (χ0n) is 15.1. The molecule has 0 atom stereocenters. The van der Waals surface area contributed by atoms with Crippen LogP contribution >= 0.6 is 0 Å². The van der Waals surface area contributed by atoms with Crippen LogP contribution in [0, 0.1) is 13.8 Å². The standard InChI is InChI=1S/C18H26N2O4/c1-7-10-20(15(22)8-2)11-14(21)16-12(4)17(18(23)24-9-3)19(6)13(16)5/h7H,1,8-11H2,2-6H3. The molecule has 132 valence electrons. The number of aromatic nitrogens is 1. The average Bonchev–Trinajstić information content (AvgIpc) is 2.76. The van der Waals surface area contributed by atoms with Gasteiger partial charge < -0.3 is 14.2 Å². The summed E-state index contributed by atoms with van der Waals surface area (Å²) in [5.41, 5.74) is 2.11. The van der Waals surface area contributed by atoms with Crippen LogP contribution in [0.2, 0.25) is 0 Å². The molecular formula is C18H26N2O4. The van der Waals surface area contributed by atoms with E-state index in [2.05, 4.69) is 6.58 Å². The number of nitrogens with zero attached hydrogens (tertiary/aromatic N) is 2. The molecule has 1 heterocycles. The molecule has 0 saturated heterocycles. The molecule has 0 bridgehead atoms. The van der Waals surface area contributed by atoms with Crippen LogP contribution in [0.3, 0.4) is 0 Å². The summed E-state index contributed by atoms with van der Waals surface area (Å²) in [5.74, 6) is -0.757. The molecule has 0 N–H and O–H groups in total. The fourth-order valence-corrected chi connectivity index (χ4v) is 2.76. The molecule has 1 rings (SSSR count). The van der Waals surface area contributed by atoms with Gasteiger partial charge >= 0.3 is 5.97 Å². The minimum absolute atomic E-state index is 0.0351. The SMILES string of the molecule is C=CCN(CC(=O)c1c(C)c(C(=O)OCC)n(C)c1C)C(=O)CC. The molecule has 0 aliphatic carbocycles. The summed E-state index contributed by atoms with van der Waals surface area (Å²) in [4.78, 5) is 38.3. The number of ether oxygens (including phenoxy) is 1. The van der Waals surface area contributed by atoms with Gasteiger partial charge in [-0.1, -0.05) is 13.0 Å². The normalized spacial score (nSPS) is 10.4. The number of carbonyl (C=O) groups excluding carboxylic acids is 3. The lowest BCUT2D eigenvalue weighted by Gasteiger charge is -2.19. The van der Waals surface area contributed by atoms with Gasteiger partial charge in [0.25, 0.3) is 0 Å². The van der Waals surface area contributed by atoms with E-state index >= 15 is 0 Å². The average molecular weight is 334 g/mol. The van der Waals surface area contributed by atoms with E-state index in [0.717, 1.165) is 0 Å². The summed E-state index contributed by atoms with van der Waals surface area (Å²) in [6, 6.07) is 0. The first-order chi connectivity index (χ1) is 11.3. The van der Waals surface area contributed by atoms with Crippen LogP contribution in [0.5, 0.6) is 0 Å². The summed E-state index contributed by atoms with van der Waals surface area (Å²) in [7, 11) is 1.73. The summed E-state index contributed by atoms with van der Waals surface area (Å²) in [6.45, 7) is 11.2. The van der Waals surface area contributed by atoms with Crippen LogP contribution in [-0.2, 0) is 16.6 Å². The van der Waals surface area contributed by atoms with Gasteiger partial charge in [-0.05, 0) is 26.3 Å². The zero-order chi connectivity index (χ0) is 18.4. The van der Waals surface area contributed by atoms with E-state index in [1.165, 1.54) is 4.90 Å². The number of esters is 1. The smallest absolute Gasteiger partial charge is 0.355 e. The fourth-order valence-electron chi connectivity index (χ4n) is 2.76. The Labute approximate surface area is 143 Å². The minimum Gasteiger partial charge on any atom is -0.461 e. The Balaban J connectivity index is 3.19. The van der Waals surface area contributed by atoms with Crippen LogP contribution in [0.4, 0.5) is 0 Å². The molecular weight excluding hydrogens is 308 g/mol. The number of carbonyl (C=O) groups is 3. The Morgan fingerprint density at radius 1 is 1.25 bits per heavy atom. The van der Waals surface area contributed by atoms with Crippen molar-refractivity contribution in [2.24, 2.45) is 7.05 Å². The number of hydrogen-bond acceptors (Lipinski definition) is 4. The van der Waals surface area contributed by atoms with E-state index in [4.69, 9.17) is 4.74 Å². The Morgan fingerprint density at radius 2 is 1.88 bits per heavy atom. The first-order valence-corrected chi connectivity index (χ1v) is 8.04. The van der Waals surface area contributed by atoms with E-state index in [-0.39, 0.29) is 24.8 Å². The van der Waals surface area contributed by atoms with E-state index < -0.39 is 5.97 Å². The van der Waals surface area contributed by atoms with Crippen LogP contribution in [0.25, 0.3) is 0 Å². The van der Waals surface area contributed by atoms with Gasteiger partial charge in [-0.25, -0.2) is 4.79 Å². The number of amides is 1. The van der Waals surface area contributed by atoms with Gasteiger partial charge in [0, 0.05) is 31.3 Å². The van der Waals surface area contributed by atoms with Crippen molar-refractivity contribution in [3.63, 3.8) is 0 Å². The van der Waals surface area contributed by atoms with Crippen molar-refractivity contribution in [2.45, 2.75) is 34.1 Å². The van der Waals surface area contributed by atoms with Crippen LogP contribution in [0.1, 0.15) is 52.4 Å². The third-order valence-electron chi connectivity index (χ3n) is 4.02. The largest absolute Gasteiger partial charge is 0.461 e. The molecule has 0 unspecified atom stereocenters. The number of Topliss-reactive ketones (excluding diaryl/α,β-unsaturated/α-hetero) is 1. The third kappa shape index (κ3) is 3.93. The molecule has 1 aromatic rings. The van der Waals surface area contributed by atoms with Gasteiger partial charge in [0.15, 0.2) is 5.78 Å². The van der Waals surface area contributed by atoms with Crippen molar-refractivity contribution in [1.82, 2.24) is 9.47 Å².